The molecule has 0 atom stereocenters. The predicted molar refractivity (Wildman–Crippen MR) is 177 cm³/mol. The third kappa shape index (κ3) is 8.43. The monoisotopic (exact) mass is 646 g/mol. The molecule has 2 aliphatic rings. The summed E-state index contributed by atoms with van der Waals surface area (Å²) in [5.41, 5.74) is 2.01. The summed E-state index contributed by atoms with van der Waals surface area (Å²) < 4.78 is 27.5. The first-order valence-corrected chi connectivity index (χ1v) is 15.8. The lowest BCUT2D eigenvalue weighted by molar-refractivity contribution is -0.137. The molecule has 2 aromatic carbocycles. The number of aromatic nitrogens is 1. The van der Waals surface area contributed by atoms with Crippen LogP contribution < -0.4 is 19.5 Å². The van der Waals surface area contributed by atoms with E-state index in [0.717, 1.165) is 16.5 Å². The fourth-order valence-electron chi connectivity index (χ4n) is 5.55. The molecule has 3 heterocycles. The van der Waals surface area contributed by atoms with E-state index in [1.54, 1.807) is 34.9 Å². The number of fused-ring (bicyclic) bond motifs is 2. The number of methoxy groups -OCH3 is 1. The molecule has 2 aliphatic heterocycles. The average Bonchev–Trinajstić information content (AvgIpc) is 3.06. The molecule has 0 saturated carbocycles. The van der Waals surface area contributed by atoms with E-state index in [4.69, 9.17) is 23.7 Å². The van der Waals surface area contributed by atoms with Crippen molar-refractivity contribution in [2.75, 3.05) is 45.3 Å². The number of nitrogens with zero attached hydrogens (tertiary/aromatic N) is 3. The Labute approximate surface area is 274 Å². The lowest BCUT2D eigenvalue weighted by Gasteiger charge is -2.39. The van der Waals surface area contributed by atoms with Gasteiger partial charge in [0.05, 0.1) is 24.9 Å². The maximum absolute atomic E-state index is 13.5. The number of amides is 3. The van der Waals surface area contributed by atoms with Crippen molar-refractivity contribution in [1.29, 1.82) is 0 Å². The number of hydrogen-bond acceptors (Lipinski definition) is 9. The summed E-state index contributed by atoms with van der Waals surface area (Å²) in [5, 5.41) is 3.74. The summed E-state index contributed by atoms with van der Waals surface area (Å²) in [6.07, 6.45) is 3.76. The van der Waals surface area contributed by atoms with Crippen LogP contribution in [0.2, 0.25) is 0 Å². The van der Waals surface area contributed by atoms with Gasteiger partial charge in [0.1, 0.15) is 18.8 Å². The average molecular weight is 647 g/mol. The van der Waals surface area contributed by atoms with Crippen LogP contribution in [0.15, 0.2) is 48.5 Å². The molecular weight excluding hydrogens is 604 g/mol. The Balaban J connectivity index is 1.29. The van der Waals surface area contributed by atoms with Gasteiger partial charge in [-0.2, -0.15) is 0 Å². The number of carbonyl (C=O) groups excluding carboxylic acids is 3. The summed E-state index contributed by atoms with van der Waals surface area (Å²) in [7, 11) is 1.52. The third-order valence-electron chi connectivity index (χ3n) is 7.78. The molecular formula is C35H42N4O8. The SMILES string of the molecule is CCOC(=O)/C=C/c1ccc(NC(=O)N2CCC(N(Cc3ccc4c(c3)OCCO4)C(=O)OC(C)(C)C)CC2)c2nc(OC)ccc12. The van der Waals surface area contributed by atoms with E-state index in [2.05, 4.69) is 10.3 Å². The second kappa shape index (κ2) is 14.6. The van der Waals surface area contributed by atoms with Gasteiger partial charge in [0.2, 0.25) is 5.88 Å². The quantitative estimate of drug-likeness (QED) is 0.231. The van der Waals surface area contributed by atoms with Crippen molar-refractivity contribution in [3.05, 3.63) is 59.7 Å². The van der Waals surface area contributed by atoms with Gasteiger partial charge in [-0.25, -0.2) is 19.4 Å². The minimum atomic E-state index is -0.660. The molecule has 250 valence electrons. The van der Waals surface area contributed by atoms with E-state index >= 15 is 0 Å². The number of ether oxygens (including phenoxy) is 5. The maximum Gasteiger partial charge on any atom is 0.410 e. The molecule has 3 amide bonds. The predicted octanol–water partition coefficient (Wildman–Crippen LogP) is 6.02. The van der Waals surface area contributed by atoms with Gasteiger partial charge in [-0.15, -0.1) is 0 Å². The van der Waals surface area contributed by atoms with E-state index in [0.29, 0.717) is 74.3 Å². The molecule has 1 aromatic heterocycles. The number of esters is 1. The van der Waals surface area contributed by atoms with Gasteiger partial charge in [-0.3, -0.25) is 0 Å². The molecule has 12 nitrogen and oxygen atoms in total. The van der Waals surface area contributed by atoms with Crippen molar-refractivity contribution in [3.8, 4) is 17.4 Å². The number of likely N-dealkylation sites (tertiary alicyclic amines) is 1. The van der Waals surface area contributed by atoms with Crippen LogP contribution in [0.5, 0.6) is 17.4 Å². The summed E-state index contributed by atoms with van der Waals surface area (Å²) in [5.74, 6) is 1.29. The number of benzene rings is 2. The Kier molecular flexibility index (Phi) is 10.4. The number of rotatable bonds is 8. The normalized spacial score (nSPS) is 15.0. The van der Waals surface area contributed by atoms with Crippen LogP contribution in [0.4, 0.5) is 15.3 Å². The Bertz CT molecular complexity index is 1640. The molecule has 5 rings (SSSR count). The van der Waals surface area contributed by atoms with Crippen molar-refractivity contribution < 1.29 is 38.1 Å². The lowest BCUT2D eigenvalue weighted by Crippen LogP contribution is -2.50. The summed E-state index contributed by atoms with van der Waals surface area (Å²) >= 11 is 0. The van der Waals surface area contributed by atoms with Crippen LogP contribution in [-0.2, 0) is 20.8 Å². The first-order chi connectivity index (χ1) is 22.5. The topological polar surface area (TPSA) is 129 Å². The molecule has 0 radical (unpaired) electrons. The van der Waals surface area contributed by atoms with Gasteiger partial charge < -0.3 is 38.8 Å². The van der Waals surface area contributed by atoms with E-state index in [1.807, 2.05) is 51.1 Å². The number of urea groups is 1. The molecule has 1 saturated heterocycles. The number of anilines is 1. The van der Waals surface area contributed by atoms with Crippen LogP contribution in [0, 0.1) is 0 Å². The standard InChI is InChI=1S/C35H42N4O8/c1-6-44-31(40)14-9-24-8-11-27(32-26(24)10-13-30(37-32)43-5)36-33(41)38-17-15-25(16-18-38)39(34(42)47-35(2,3)4)22-23-7-12-28-29(21-23)46-20-19-45-28/h7-14,21,25H,6,15-20,22H2,1-5H3,(H,36,41)/b14-9+. The van der Waals surface area contributed by atoms with Crippen molar-refractivity contribution in [3.63, 3.8) is 0 Å². The molecule has 3 aromatic rings. The van der Waals surface area contributed by atoms with Gasteiger partial charge >= 0.3 is 18.1 Å². The number of carbonyl (C=O) groups is 3. The highest BCUT2D eigenvalue weighted by atomic mass is 16.6. The van der Waals surface area contributed by atoms with Crippen molar-refractivity contribution in [1.82, 2.24) is 14.8 Å². The second-order valence-electron chi connectivity index (χ2n) is 12.3. The first kappa shape index (κ1) is 33.4. The van der Waals surface area contributed by atoms with E-state index in [-0.39, 0.29) is 18.7 Å². The number of pyridine rings is 1. The zero-order valence-electron chi connectivity index (χ0n) is 27.5. The minimum absolute atomic E-state index is 0.140. The molecule has 12 heteroatoms. The van der Waals surface area contributed by atoms with Crippen molar-refractivity contribution in [2.24, 2.45) is 0 Å². The van der Waals surface area contributed by atoms with Gasteiger partial charge in [0.25, 0.3) is 0 Å². The minimum Gasteiger partial charge on any atom is -0.486 e. The van der Waals surface area contributed by atoms with Crippen LogP contribution in [0.1, 0.15) is 51.7 Å². The van der Waals surface area contributed by atoms with Gasteiger partial charge in [0, 0.05) is 43.2 Å². The molecule has 1 fully saturated rings. The zero-order chi connectivity index (χ0) is 33.6. The highest BCUT2D eigenvalue weighted by molar-refractivity contribution is 6.03. The van der Waals surface area contributed by atoms with Gasteiger partial charge in [0.15, 0.2) is 11.5 Å². The summed E-state index contributed by atoms with van der Waals surface area (Å²) in [6, 6.07) is 12.4. The maximum atomic E-state index is 13.5. The Morgan fingerprint density at radius 3 is 2.49 bits per heavy atom. The van der Waals surface area contributed by atoms with Crippen LogP contribution in [0.3, 0.4) is 0 Å². The molecule has 0 bridgehead atoms. The molecule has 0 unspecified atom stereocenters. The highest BCUT2D eigenvalue weighted by Gasteiger charge is 2.33. The van der Waals surface area contributed by atoms with Crippen molar-refractivity contribution in [2.45, 2.75) is 58.7 Å². The second-order valence-corrected chi connectivity index (χ2v) is 12.3. The molecule has 0 aliphatic carbocycles. The third-order valence-corrected chi connectivity index (χ3v) is 7.78. The largest absolute Gasteiger partial charge is 0.486 e. The van der Waals surface area contributed by atoms with Gasteiger partial charge in [-0.1, -0.05) is 12.1 Å². The zero-order valence-corrected chi connectivity index (χ0v) is 27.5. The first-order valence-electron chi connectivity index (χ1n) is 15.8. The molecule has 1 N–H and O–H groups in total. The Morgan fingerprint density at radius 1 is 1.04 bits per heavy atom. The summed E-state index contributed by atoms with van der Waals surface area (Å²) in [6.45, 7) is 9.75. The van der Waals surface area contributed by atoms with E-state index < -0.39 is 17.7 Å². The Hall–Kier alpha value is -5.00. The van der Waals surface area contributed by atoms with E-state index in [9.17, 15) is 14.4 Å². The fraction of sp³-hybridized carbons (Fsp3) is 0.429. The highest BCUT2D eigenvalue weighted by Crippen LogP contribution is 2.33. The van der Waals surface area contributed by atoms with E-state index in [1.165, 1.54) is 13.2 Å². The number of hydrogen-bond donors (Lipinski definition) is 1. The molecule has 0 spiro atoms. The smallest absolute Gasteiger partial charge is 0.410 e. The Morgan fingerprint density at radius 2 is 1.79 bits per heavy atom. The number of piperidine rings is 1. The fourth-order valence-corrected chi connectivity index (χ4v) is 5.55. The van der Waals surface area contributed by atoms with Crippen molar-refractivity contribution >= 4 is 40.8 Å². The van der Waals surface area contributed by atoms with Crippen LogP contribution in [0.25, 0.3) is 17.0 Å². The van der Waals surface area contributed by atoms with Crippen LogP contribution >= 0.6 is 0 Å². The number of nitrogens with one attached hydrogen (secondary N) is 1. The van der Waals surface area contributed by atoms with Gasteiger partial charge in [-0.05, 0) is 82.0 Å². The lowest BCUT2D eigenvalue weighted by atomic mass is 10.0. The molecule has 47 heavy (non-hydrogen) atoms. The summed E-state index contributed by atoms with van der Waals surface area (Å²) in [4.78, 5) is 46.9. The van der Waals surface area contributed by atoms with Crippen LogP contribution in [-0.4, -0.2) is 84.5 Å².